The van der Waals surface area contributed by atoms with E-state index in [-0.39, 0.29) is 0 Å². The van der Waals surface area contributed by atoms with Crippen LogP contribution in [0.1, 0.15) is 11.1 Å². The van der Waals surface area contributed by atoms with Crippen molar-refractivity contribution < 1.29 is 4.74 Å². The Morgan fingerprint density at radius 2 is 1.82 bits per heavy atom. The van der Waals surface area contributed by atoms with Crippen molar-refractivity contribution in [3.8, 4) is 23.1 Å². The zero-order chi connectivity index (χ0) is 15.2. The third-order valence-corrected chi connectivity index (χ3v) is 3.27. The summed E-state index contributed by atoms with van der Waals surface area (Å²) in [6.07, 6.45) is 1.64. The number of hydrogen-bond donors (Lipinski definition) is 0. The molecule has 3 nitrogen and oxygen atoms in total. The van der Waals surface area contributed by atoms with Crippen LogP contribution in [0.2, 0.25) is 0 Å². The monoisotopic (exact) mass is 286 g/mol. The lowest BCUT2D eigenvalue weighted by Gasteiger charge is -2.08. The zero-order valence-corrected chi connectivity index (χ0v) is 11.9. The number of hydrogen-bond acceptors (Lipinski definition) is 3. The van der Waals surface area contributed by atoms with Gasteiger partial charge in [-0.25, -0.2) is 0 Å². The maximum atomic E-state index is 8.97. The number of rotatable bonds is 4. The Hall–Kier alpha value is -3.12. The Morgan fingerprint density at radius 3 is 2.64 bits per heavy atom. The van der Waals surface area contributed by atoms with Crippen LogP contribution in [0, 0.1) is 11.3 Å². The average molecular weight is 286 g/mol. The largest absolute Gasteiger partial charge is 0.489 e. The minimum Gasteiger partial charge on any atom is -0.489 e. The minimum atomic E-state index is 0.524. The van der Waals surface area contributed by atoms with Crippen molar-refractivity contribution in [2.75, 3.05) is 0 Å². The first-order valence-electron chi connectivity index (χ1n) is 6.98. The molecular formula is C19H14N2O. The molecule has 0 spiro atoms. The Morgan fingerprint density at radius 1 is 0.955 bits per heavy atom. The lowest BCUT2D eigenvalue weighted by molar-refractivity contribution is 0.306. The number of aromatic nitrogens is 1. The quantitative estimate of drug-likeness (QED) is 0.722. The van der Waals surface area contributed by atoms with Gasteiger partial charge in [0.15, 0.2) is 0 Å². The van der Waals surface area contributed by atoms with Crippen LogP contribution in [0.3, 0.4) is 0 Å². The van der Waals surface area contributed by atoms with Crippen molar-refractivity contribution in [3.63, 3.8) is 0 Å². The second-order valence-corrected chi connectivity index (χ2v) is 4.84. The van der Waals surface area contributed by atoms with E-state index < -0.39 is 0 Å². The van der Waals surface area contributed by atoms with Crippen molar-refractivity contribution in [1.82, 2.24) is 4.98 Å². The van der Waals surface area contributed by atoms with Crippen molar-refractivity contribution in [3.05, 3.63) is 84.1 Å². The van der Waals surface area contributed by atoms with E-state index in [0.29, 0.717) is 12.2 Å². The van der Waals surface area contributed by atoms with Crippen molar-refractivity contribution in [1.29, 1.82) is 5.26 Å². The van der Waals surface area contributed by atoms with Gasteiger partial charge in [0.2, 0.25) is 0 Å². The van der Waals surface area contributed by atoms with E-state index in [4.69, 9.17) is 10.00 Å². The van der Waals surface area contributed by atoms with Gasteiger partial charge in [-0.2, -0.15) is 5.26 Å². The highest BCUT2D eigenvalue weighted by Gasteiger charge is 2.03. The number of benzene rings is 2. The van der Waals surface area contributed by atoms with Crippen LogP contribution in [0.25, 0.3) is 11.3 Å². The number of nitriles is 1. The molecular weight excluding hydrogens is 272 g/mol. The van der Waals surface area contributed by atoms with Crippen LogP contribution in [0.4, 0.5) is 0 Å². The molecule has 0 unspecified atom stereocenters. The molecule has 0 N–H and O–H groups in total. The lowest BCUT2D eigenvalue weighted by atomic mass is 10.1. The van der Waals surface area contributed by atoms with Crippen LogP contribution in [-0.2, 0) is 6.61 Å². The van der Waals surface area contributed by atoms with Gasteiger partial charge in [-0.15, -0.1) is 0 Å². The Balaban J connectivity index is 1.79. The summed E-state index contributed by atoms with van der Waals surface area (Å²) in [7, 11) is 0. The first-order valence-corrected chi connectivity index (χ1v) is 6.98. The highest BCUT2D eigenvalue weighted by Crippen LogP contribution is 2.23. The summed E-state index contributed by atoms with van der Waals surface area (Å²) in [6, 6.07) is 23.4. The molecule has 1 heterocycles. The highest BCUT2D eigenvalue weighted by atomic mass is 16.5. The third kappa shape index (κ3) is 3.31. The molecule has 2 aromatic carbocycles. The van der Waals surface area contributed by atoms with Crippen molar-refractivity contribution in [2.24, 2.45) is 0 Å². The summed E-state index contributed by atoms with van der Waals surface area (Å²) in [4.78, 5) is 4.31. The SMILES string of the molecule is N#Cc1ccnc(-c2cccc(OCc3ccccc3)c2)c1. The van der Waals surface area contributed by atoms with Crippen LogP contribution in [-0.4, -0.2) is 4.98 Å². The maximum Gasteiger partial charge on any atom is 0.120 e. The first kappa shape index (κ1) is 13.8. The topological polar surface area (TPSA) is 45.9 Å². The normalized spacial score (nSPS) is 9.95. The van der Waals surface area contributed by atoms with E-state index in [1.54, 1.807) is 18.3 Å². The van der Waals surface area contributed by atoms with Gasteiger partial charge < -0.3 is 4.74 Å². The van der Waals surface area contributed by atoms with E-state index >= 15 is 0 Å². The van der Waals surface area contributed by atoms with E-state index in [2.05, 4.69) is 11.1 Å². The van der Waals surface area contributed by atoms with Crippen LogP contribution in [0.15, 0.2) is 72.9 Å². The van der Waals surface area contributed by atoms with Gasteiger partial charge in [0, 0.05) is 11.8 Å². The molecule has 0 saturated heterocycles. The molecule has 3 heteroatoms. The molecule has 0 bridgehead atoms. The van der Waals surface area contributed by atoms with Crippen molar-refractivity contribution in [2.45, 2.75) is 6.61 Å². The molecule has 0 aliphatic rings. The van der Waals surface area contributed by atoms with Gasteiger partial charge in [0.05, 0.1) is 17.3 Å². The Kier molecular flexibility index (Phi) is 4.12. The molecule has 3 aromatic rings. The fourth-order valence-electron chi connectivity index (χ4n) is 2.14. The summed E-state index contributed by atoms with van der Waals surface area (Å²) in [5.74, 6) is 0.783. The van der Waals surface area contributed by atoms with Crippen molar-refractivity contribution >= 4 is 0 Å². The predicted octanol–water partition coefficient (Wildman–Crippen LogP) is 4.20. The third-order valence-electron chi connectivity index (χ3n) is 3.27. The molecule has 0 atom stereocenters. The smallest absolute Gasteiger partial charge is 0.120 e. The molecule has 0 fully saturated rings. The maximum absolute atomic E-state index is 8.97. The Labute approximate surface area is 129 Å². The highest BCUT2D eigenvalue weighted by molar-refractivity contribution is 5.62. The van der Waals surface area contributed by atoms with Crippen LogP contribution in [0.5, 0.6) is 5.75 Å². The second-order valence-electron chi connectivity index (χ2n) is 4.84. The summed E-state index contributed by atoms with van der Waals surface area (Å²) in [5, 5.41) is 8.97. The van der Waals surface area contributed by atoms with Gasteiger partial charge in [-0.3, -0.25) is 4.98 Å². The molecule has 0 aliphatic carbocycles. The zero-order valence-electron chi connectivity index (χ0n) is 11.9. The summed E-state index contributed by atoms with van der Waals surface area (Å²) in [6.45, 7) is 0.524. The molecule has 3 rings (SSSR count). The van der Waals surface area contributed by atoms with Gasteiger partial charge in [0.25, 0.3) is 0 Å². The molecule has 22 heavy (non-hydrogen) atoms. The number of nitrogens with zero attached hydrogens (tertiary/aromatic N) is 2. The fourth-order valence-corrected chi connectivity index (χ4v) is 2.14. The molecule has 0 saturated carbocycles. The number of ether oxygens (including phenoxy) is 1. The van der Waals surface area contributed by atoms with Gasteiger partial charge in [0.1, 0.15) is 12.4 Å². The standard InChI is InChI=1S/C19H14N2O/c20-13-16-9-10-21-19(11-16)17-7-4-8-18(12-17)22-14-15-5-2-1-3-6-15/h1-12H,14H2. The van der Waals surface area contributed by atoms with E-state index in [0.717, 1.165) is 22.6 Å². The van der Waals surface area contributed by atoms with E-state index in [9.17, 15) is 0 Å². The Bertz CT molecular complexity index is 807. The van der Waals surface area contributed by atoms with Gasteiger partial charge in [-0.1, -0.05) is 42.5 Å². The fraction of sp³-hybridized carbons (Fsp3) is 0.0526. The molecule has 106 valence electrons. The minimum absolute atomic E-state index is 0.524. The van der Waals surface area contributed by atoms with Crippen LogP contribution >= 0.6 is 0 Å². The summed E-state index contributed by atoms with van der Waals surface area (Å²) < 4.78 is 5.82. The van der Waals surface area contributed by atoms with Crippen LogP contribution < -0.4 is 4.74 Å². The van der Waals surface area contributed by atoms with Gasteiger partial charge in [-0.05, 0) is 29.8 Å². The van der Waals surface area contributed by atoms with E-state index in [1.165, 1.54) is 0 Å². The lowest BCUT2D eigenvalue weighted by Crippen LogP contribution is -1.95. The summed E-state index contributed by atoms with van der Waals surface area (Å²) in [5.41, 5.74) is 3.42. The average Bonchev–Trinajstić information content (AvgIpc) is 2.61. The van der Waals surface area contributed by atoms with Gasteiger partial charge >= 0.3 is 0 Å². The summed E-state index contributed by atoms with van der Waals surface area (Å²) >= 11 is 0. The molecule has 1 aromatic heterocycles. The molecule has 0 aliphatic heterocycles. The second kappa shape index (κ2) is 6.55. The molecule has 0 radical (unpaired) electrons. The molecule has 0 amide bonds. The first-order chi connectivity index (χ1) is 10.8. The van der Waals surface area contributed by atoms with E-state index in [1.807, 2.05) is 54.6 Å². The number of pyridine rings is 1. The predicted molar refractivity (Wildman–Crippen MR) is 85.2 cm³/mol.